The van der Waals surface area contributed by atoms with Crippen molar-refractivity contribution in [1.82, 2.24) is 19.7 Å². The Morgan fingerprint density at radius 2 is 1.92 bits per heavy atom. The fourth-order valence-electron chi connectivity index (χ4n) is 6.73. The molecule has 3 aromatic rings. The molecule has 0 aliphatic carbocycles. The lowest BCUT2D eigenvalue weighted by Gasteiger charge is -2.55. The number of aromatic nitrogens is 1. The quantitative estimate of drug-likeness (QED) is 0.503. The number of allylic oxidation sites excluding steroid dienone is 1. The zero-order chi connectivity index (χ0) is 27.3. The van der Waals surface area contributed by atoms with Crippen molar-refractivity contribution in [1.29, 1.82) is 0 Å². The fourth-order valence-corrected chi connectivity index (χ4v) is 7.72. The van der Waals surface area contributed by atoms with Crippen LogP contribution in [-0.4, -0.2) is 76.6 Å². The Kier molecular flexibility index (Phi) is 6.87. The molecule has 39 heavy (non-hydrogen) atoms. The summed E-state index contributed by atoms with van der Waals surface area (Å²) in [4.78, 5) is 24.7. The molecule has 206 valence electrons. The SMILES string of the molecule is CCN1CC(=O)N2Cc3cc(OC)cc(OC)c3C(C)C=C2C12CCN(C(O)c1nc3ccccc3s1)CC2. The summed E-state index contributed by atoms with van der Waals surface area (Å²) in [6.07, 6.45) is 3.18. The number of para-hydroxylation sites is 1. The Morgan fingerprint density at radius 1 is 1.15 bits per heavy atom. The lowest BCUT2D eigenvalue weighted by atomic mass is 9.78. The van der Waals surface area contributed by atoms with Crippen molar-refractivity contribution in [2.75, 3.05) is 40.4 Å². The zero-order valence-corrected chi connectivity index (χ0v) is 23.8. The Bertz CT molecular complexity index is 1390. The number of nitrogens with zero attached hydrogens (tertiary/aromatic N) is 4. The Hall–Kier alpha value is -2.98. The Morgan fingerprint density at radius 3 is 2.62 bits per heavy atom. The molecular formula is C30H36N4O4S. The average Bonchev–Trinajstić information content (AvgIpc) is 3.33. The number of aliphatic hydroxyl groups excluding tert-OH is 1. The van der Waals surface area contributed by atoms with Gasteiger partial charge in [0, 0.05) is 36.3 Å². The van der Waals surface area contributed by atoms with Crippen LogP contribution in [0.3, 0.4) is 0 Å². The molecular weight excluding hydrogens is 512 g/mol. The van der Waals surface area contributed by atoms with Crippen LogP contribution in [0, 0.1) is 0 Å². The number of hydrogen-bond acceptors (Lipinski definition) is 8. The van der Waals surface area contributed by atoms with Gasteiger partial charge in [0.05, 0.1) is 43.1 Å². The van der Waals surface area contributed by atoms with Crippen LogP contribution >= 0.6 is 11.3 Å². The topological polar surface area (TPSA) is 78.4 Å². The van der Waals surface area contributed by atoms with Gasteiger partial charge in [0.2, 0.25) is 5.91 Å². The van der Waals surface area contributed by atoms with Crippen LogP contribution in [0.25, 0.3) is 10.2 Å². The summed E-state index contributed by atoms with van der Waals surface area (Å²) in [6, 6.07) is 12.0. The third-order valence-corrected chi connectivity index (χ3v) is 9.81. The van der Waals surface area contributed by atoms with E-state index < -0.39 is 6.23 Å². The molecule has 8 nitrogen and oxygen atoms in total. The second-order valence-corrected chi connectivity index (χ2v) is 11.8. The van der Waals surface area contributed by atoms with Gasteiger partial charge in [-0.1, -0.05) is 32.1 Å². The molecule has 0 saturated carbocycles. The number of piperidine rings is 1. The predicted octanol–water partition coefficient (Wildman–Crippen LogP) is 4.50. The van der Waals surface area contributed by atoms with Crippen molar-refractivity contribution in [3.05, 3.63) is 64.3 Å². The number of rotatable bonds is 5. The largest absolute Gasteiger partial charge is 0.497 e. The lowest BCUT2D eigenvalue weighted by Crippen LogP contribution is -2.65. The zero-order valence-electron chi connectivity index (χ0n) is 23.0. The van der Waals surface area contributed by atoms with Gasteiger partial charge in [0.25, 0.3) is 0 Å². The van der Waals surface area contributed by atoms with Gasteiger partial charge < -0.3 is 19.5 Å². The van der Waals surface area contributed by atoms with Gasteiger partial charge in [-0.15, -0.1) is 11.3 Å². The van der Waals surface area contributed by atoms with E-state index in [9.17, 15) is 9.90 Å². The van der Waals surface area contributed by atoms with Gasteiger partial charge in [0.1, 0.15) is 16.5 Å². The van der Waals surface area contributed by atoms with Crippen molar-refractivity contribution in [3.8, 4) is 11.5 Å². The maximum absolute atomic E-state index is 13.6. The number of ether oxygens (including phenoxy) is 2. The molecule has 2 atom stereocenters. The predicted molar refractivity (Wildman–Crippen MR) is 152 cm³/mol. The summed E-state index contributed by atoms with van der Waals surface area (Å²) < 4.78 is 12.4. The van der Waals surface area contributed by atoms with E-state index in [4.69, 9.17) is 14.5 Å². The fraction of sp³-hybridized carbons (Fsp3) is 0.467. The van der Waals surface area contributed by atoms with Crippen LogP contribution in [0.15, 0.2) is 48.2 Å². The van der Waals surface area contributed by atoms with E-state index in [2.05, 4.69) is 29.7 Å². The molecule has 1 N–H and O–H groups in total. The maximum atomic E-state index is 13.6. The summed E-state index contributed by atoms with van der Waals surface area (Å²) in [5, 5.41) is 12.0. The Labute approximate surface area is 233 Å². The lowest BCUT2D eigenvalue weighted by molar-refractivity contribution is -0.142. The first-order valence-corrected chi connectivity index (χ1v) is 14.5. The summed E-state index contributed by atoms with van der Waals surface area (Å²) in [6.45, 7) is 7.41. The molecule has 0 radical (unpaired) electrons. The number of likely N-dealkylation sites (tertiary alicyclic amines) is 1. The van der Waals surface area contributed by atoms with Crippen LogP contribution in [0.2, 0.25) is 0 Å². The first-order valence-electron chi connectivity index (χ1n) is 13.7. The minimum Gasteiger partial charge on any atom is -0.497 e. The molecule has 1 spiro atoms. The standard InChI is InChI=1S/C30H36N4O4S/c1-5-33-18-26(35)34-17-20-15-21(37-3)16-23(38-4)27(20)19(2)14-25(34)30(33)10-12-32(13-11-30)29(36)28-31-22-8-6-7-9-24(22)39-28/h6-9,14-16,19,29,36H,5,10-13,17-18H2,1-4H3. The van der Waals surface area contributed by atoms with E-state index in [0.29, 0.717) is 26.2 Å². The van der Waals surface area contributed by atoms with Gasteiger partial charge in [0.15, 0.2) is 6.23 Å². The smallest absolute Gasteiger partial charge is 0.241 e. The highest BCUT2D eigenvalue weighted by Crippen LogP contribution is 2.47. The van der Waals surface area contributed by atoms with Crippen molar-refractivity contribution >= 4 is 27.5 Å². The highest BCUT2D eigenvalue weighted by atomic mass is 32.1. The highest BCUT2D eigenvalue weighted by Gasteiger charge is 2.51. The van der Waals surface area contributed by atoms with Crippen LogP contribution in [0.5, 0.6) is 11.5 Å². The van der Waals surface area contributed by atoms with Crippen molar-refractivity contribution < 1.29 is 19.4 Å². The van der Waals surface area contributed by atoms with Crippen molar-refractivity contribution in [2.24, 2.45) is 0 Å². The number of benzene rings is 2. The van der Waals surface area contributed by atoms with E-state index >= 15 is 0 Å². The van der Waals surface area contributed by atoms with Gasteiger partial charge in [-0.05, 0) is 43.1 Å². The first-order chi connectivity index (χ1) is 18.9. The first kappa shape index (κ1) is 26.3. The number of carbonyl (C=O) groups is 1. The highest BCUT2D eigenvalue weighted by molar-refractivity contribution is 7.18. The summed E-state index contributed by atoms with van der Waals surface area (Å²) in [5.41, 5.74) is 3.89. The number of likely N-dealkylation sites (N-methyl/N-ethyl adjacent to an activating group) is 1. The van der Waals surface area contributed by atoms with Crippen LogP contribution in [-0.2, 0) is 11.3 Å². The molecule has 4 heterocycles. The third kappa shape index (κ3) is 4.32. The summed E-state index contributed by atoms with van der Waals surface area (Å²) >= 11 is 1.55. The van der Waals surface area contributed by atoms with Crippen LogP contribution < -0.4 is 9.47 Å². The molecule has 0 bridgehead atoms. The van der Waals surface area contributed by atoms with Gasteiger partial charge >= 0.3 is 0 Å². The molecule has 6 rings (SSSR count). The Balaban J connectivity index is 1.33. The van der Waals surface area contributed by atoms with E-state index in [1.54, 1.807) is 25.6 Å². The number of aliphatic hydroxyl groups is 1. The average molecular weight is 549 g/mol. The molecule has 1 amide bonds. The molecule has 2 fully saturated rings. The number of piperazine rings is 1. The number of amides is 1. The number of carbonyl (C=O) groups excluding carboxylic acids is 1. The van der Waals surface area contributed by atoms with E-state index in [1.165, 1.54) is 0 Å². The summed E-state index contributed by atoms with van der Waals surface area (Å²) in [5.74, 6) is 1.70. The van der Waals surface area contributed by atoms with Crippen molar-refractivity contribution in [2.45, 2.75) is 50.9 Å². The molecule has 2 saturated heterocycles. The number of thiazole rings is 1. The monoisotopic (exact) mass is 548 g/mol. The minimum atomic E-state index is -0.737. The van der Waals surface area contributed by atoms with Gasteiger partial charge in [-0.3, -0.25) is 14.6 Å². The van der Waals surface area contributed by atoms with Gasteiger partial charge in [-0.25, -0.2) is 4.98 Å². The van der Waals surface area contributed by atoms with E-state index in [0.717, 1.165) is 62.9 Å². The molecule has 1 aromatic heterocycles. The molecule has 3 aliphatic rings. The normalized spacial score (nSPS) is 22.3. The van der Waals surface area contributed by atoms with Crippen LogP contribution in [0.4, 0.5) is 0 Å². The number of fused-ring (bicyclic) bond motifs is 4. The molecule has 9 heteroatoms. The second-order valence-electron chi connectivity index (χ2n) is 10.7. The number of hydrogen-bond donors (Lipinski definition) is 1. The van der Waals surface area contributed by atoms with E-state index in [1.807, 2.05) is 41.3 Å². The molecule has 3 aliphatic heterocycles. The van der Waals surface area contributed by atoms with Crippen LogP contribution in [0.1, 0.15) is 55.0 Å². The molecule has 2 aromatic carbocycles. The molecule has 2 unspecified atom stereocenters. The maximum Gasteiger partial charge on any atom is 0.241 e. The summed E-state index contributed by atoms with van der Waals surface area (Å²) in [7, 11) is 3.34. The third-order valence-electron chi connectivity index (χ3n) is 8.73. The van der Waals surface area contributed by atoms with E-state index in [-0.39, 0.29) is 17.4 Å². The van der Waals surface area contributed by atoms with Crippen molar-refractivity contribution in [3.63, 3.8) is 0 Å². The number of methoxy groups -OCH3 is 2. The second kappa shape index (κ2) is 10.2. The van der Waals surface area contributed by atoms with Gasteiger partial charge in [-0.2, -0.15) is 0 Å². The minimum absolute atomic E-state index is 0.0636.